The average molecular weight is 701 g/mol. The molecule has 0 radical (unpaired) electrons. The van der Waals surface area contributed by atoms with Crippen LogP contribution in [-0.2, 0) is 0 Å². The summed E-state index contributed by atoms with van der Waals surface area (Å²) in [4.78, 5) is 14.7. The van der Waals surface area contributed by atoms with Crippen LogP contribution in [0.1, 0.15) is 0 Å². The van der Waals surface area contributed by atoms with E-state index in [2.05, 4.69) is 138 Å². The summed E-state index contributed by atoms with van der Waals surface area (Å²) < 4.78 is 2.43. The van der Waals surface area contributed by atoms with Gasteiger partial charge in [0, 0.05) is 38.2 Å². The molecule has 11 rings (SSSR count). The molecular formula is C51H32N4. The van der Waals surface area contributed by atoms with Crippen LogP contribution < -0.4 is 0 Å². The summed E-state index contributed by atoms with van der Waals surface area (Å²) in [6, 6.07) is 68.7. The van der Waals surface area contributed by atoms with Gasteiger partial charge in [-0.3, -0.25) is 0 Å². The van der Waals surface area contributed by atoms with Crippen molar-refractivity contribution in [2.75, 3.05) is 0 Å². The van der Waals surface area contributed by atoms with E-state index in [0.29, 0.717) is 17.5 Å². The average Bonchev–Trinajstić information content (AvgIpc) is 3.79. The van der Waals surface area contributed by atoms with E-state index < -0.39 is 0 Å². The number of para-hydroxylation sites is 2. The van der Waals surface area contributed by atoms with Crippen LogP contribution in [-0.4, -0.2) is 19.4 Å². The molecule has 4 heteroatoms. The van der Waals surface area contributed by atoms with E-state index >= 15 is 0 Å². The lowest BCUT2D eigenvalue weighted by molar-refractivity contribution is 1.07. The highest BCUT2D eigenvalue weighted by Gasteiger charge is 2.19. The number of benzene rings is 8. The molecule has 0 N–H and O–H groups in total. The molecular weight excluding hydrogens is 669 g/mol. The number of aromatic nitrogens is 4. The van der Waals surface area contributed by atoms with Gasteiger partial charge in [0.1, 0.15) is 0 Å². The van der Waals surface area contributed by atoms with Crippen molar-refractivity contribution in [1.82, 2.24) is 19.4 Å². The van der Waals surface area contributed by atoms with E-state index in [1.807, 2.05) is 60.7 Å². The SMILES string of the molecule is c1ccc(-c2nc(-c3ccccc3)nc(-c3ccc(-c4cccc(-c5cccc(-c6cc7c8ccccc8n8c9ccccc9c(c6)c78)c5)c4)cc3)n2)cc1. The smallest absolute Gasteiger partial charge is 0.164 e. The van der Waals surface area contributed by atoms with Crippen LogP contribution in [0.2, 0.25) is 0 Å². The maximum Gasteiger partial charge on any atom is 0.164 e. The van der Waals surface area contributed by atoms with E-state index in [1.165, 1.54) is 60.3 Å². The largest absolute Gasteiger partial charge is 0.308 e. The summed E-state index contributed by atoms with van der Waals surface area (Å²) in [7, 11) is 0. The third-order valence-electron chi connectivity index (χ3n) is 10.8. The maximum atomic E-state index is 4.92. The molecule has 0 amide bonds. The van der Waals surface area contributed by atoms with Crippen LogP contribution in [0.25, 0.3) is 106 Å². The van der Waals surface area contributed by atoms with Gasteiger partial charge in [-0.2, -0.15) is 0 Å². The van der Waals surface area contributed by atoms with E-state index in [9.17, 15) is 0 Å². The normalized spacial score (nSPS) is 11.6. The van der Waals surface area contributed by atoms with Gasteiger partial charge in [-0.15, -0.1) is 0 Å². The fourth-order valence-electron chi connectivity index (χ4n) is 8.12. The second-order valence-corrected chi connectivity index (χ2v) is 14.1. The molecule has 256 valence electrons. The lowest BCUT2D eigenvalue weighted by atomic mass is 9.94. The van der Waals surface area contributed by atoms with Crippen LogP contribution in [0.3, 0.4) is 0 Å². The molecule has 4 nitrogen and oxygen atoms in total. The lowest BCUT2D eigenvalue weighted by Gasteiger charge is -2.10. The zero-order valence-corrected chi connectivity index (χ0v) is 29.8. The van der Waals surface area contributed by atoms with Crippen LogP contribution in [0, 0.1) is 0 Å². The van der Waals surface area contributed by atoms with Crippen molar-refractivity contribution in [2.24, 2.45) is 0 Å². The Morgan fingerprint density at radius 2 is 0.618 bits per heavy atom. The Bertz CT molecular complexity index is 3040. The molecule has 0 unspecified atom stereocenters. The van der Waals surface area contributed by atoms with Gasteiger partial charge in [-0.1, -0.05) is 158 Å². The second-order valence-electron chi connectivity index (χ2n) is 14.1. The first-order chi connectivity index (χ1) is 27.2. The van der Waals surface area contributed by atoms with E-state index in [4.69, 9.17) is 15.0 Å². The van der Waals surface area contributed by atoms with Gasteiger partial charge in [-0.25, -0.2) is 15.0 Å². The predicted octanol–water partition coefficient (Wildman–Crippen LogP) is 13.0. The highest BCUT2D eigenvalue weighted by Crippen LogP contribution is 2.42. The molecule has 0 saturated carbocycles. The number of hydrogen-bond acceptors (Lipinski definition) is 3. The van der Waals surface area contributed by atoms with Crippen molar-refractivity contribution in [3.63, 3.8) is 0 Å². The number of fused-ring (bicyclic) bond motifs is 6. The monoisotopic (exact) mass is 700 g/mol. The number of rotatable bonds is 6. The van der Waals surface area contributed by atoms with Crippen molar-refractivity contribution in [2.45, 2.75) is 0 Å². The third-order valence-corrected chi connectivity index (χ3v) is 10.8. The van der Waals surface area contributed by atoms with Crippen LogP contribution in [0.15, 0.2) is 194 Å². The predicted molar refractivity (Wildman–Crippen MR) is 227 cm³/mol. The molecule has 3 heterocycles. The summed E-state index contributed by atoms with van der Waals surface area (Å²) in [5.41, 5.74) is 13.7. The Morgan fingerprint density at radius 3 is 1.11 bits per heavy atom. The molecule has 0 fully saturated rings. The minimum Gasteiger partial charge on any atom is -0.308 e. The number of nitrogens with zero attached hydrogens (tertiary/aromatic N) is 4. The van der Waals surface area contributed by atoms with Gasteiger partial charge in [0.05, 0.1) is 16.6 Å². The van der Waals surface area contributed by atoms with Gasteiger partial charge in [-0.05, 0) is 69.8 Å². The van der Waals surface area contributed by atoms with Gasteiger partial charge >= 0.3 is 0 Å². The van der Waals surface area contributed by atoms with Crippen LogP contribution >= 0.6 is 0 Å². The highest BCUT2D eigenvalue weighted by atomic mass is 15.0. The van der Waals surface area contributed by atoms with Gasteiger partial charge in [0.25, 0.3) is 0 Å². The molecule has 0 atom stereocenters. The summed E-state index contributed by atoms with van der Waals surface area (Å²) in [5, 5.41) is 5.15. The van der Waals surface area contributed by atoms with Crippen LogP contribution in [0.4, 0.5) is 0 Å². The number of hydrogen-bond donors (Lipinski definition) is 0. The van der Waals surface area contributed by atoms with Crippen molar-refractivity contribution in [3.05, 3.63) is 194 Å². The molecule has 0 saturated heterocycles. The summed E-state index contributed by atoms with van der Waals surface area (Å²) in [5.74, 6) is 1.96. The lowest BCUT2D eigenvalue weighted by Crippen LogP contribution is -2.00. The maximum absolute atomic E-state index is 4.92. The minimum absolute atomic E-state index is 0.648. The van der Waals surface area contributed by atoms with Crippen LogP contribution in [0.5, 0.6) is 0 Å². The minimum atomic E-state index is 0.648. The molecule has 0 aliphatic rings. The first-order valence-corrected chi connectivity index (χ1v) is 18.6. The van der Waals surface area contributed by atoms with E-state index in [1.54, 1.807) is 0 Å². The first-order valence-electron chi connectivity index (χ1n) is 18.6. The molecule has 8 aromatic carbocycles. The van der Waals surface area contributed by atoms with Gasteiger partial charge < -0.3 is 4.40 Å². The standard InChI is InChI=1S/C51H32N4/c1-3-13-34(14-4-1)49-52-50(35-15-5-2-6-16-35)54-51(53-49)36-27-25-33(26-28-36)37-17-11-18-38(29-37)39-19-12-20-40(30-39)41-31-44-42-21-7-9-23-46(42)55-47-24-10-8-22-43(47)45(32-41)48(44)55/h1-32H. The molecule has 0 aliphatic carbocycles. The Kier molecular flexibility index (Phi) is 7.14. The second kappa shape index (κ2) is 12.6. The Balaban J connectivity index is 0.950. The first kappa shape index (κ1) is 31.1. The van der Waals surface area contributed by atoms with Crippen molar-refractivity contribution in [1.29, 1.82) is 0 Å². The fraction of sp³-hybridized carbons (Fsp3) is 0. The summed E-state index contributed by atoms with van der Waals surface area (Å²) in [6.07, 6.45) is 0. The molecule has 0 aliphatic heterocycles. The Hall–Kier alpha value is -7.43. The topological polar surface area (TPSA) is 43.1 Å². The van der Waals surface area contributed by atoms with Gasteiger partial charge in [0.2, 0.25) is 0 Å². The Morgan fingerprint density at radius 1 is 0.255 bits per heavy atom. The van der Waals surface area contributed by atoms with Crippen molar-refractivity contribution < 1.29 is 0 Å². The molecule has 3 aromatic heterocycles. The van der Waals surface area contributed by atoms with E-state index in [0.717, 1.165) is 27.8 Å². The van der Waals surface area contributed by atoms with Gasteiger partial charge in [0.15, 0.2) is 17.5 Å². The molecule has 11 aromatic rings. The highest BCUT2D eigenvalue weighted by molar-refractivity contribution is 6.24. The van der Waals surface area contributed by atoms with E-state index in [-0.39, 0.29) is 0 Å². The van der Waals surface area contributed by atoms with Crippen molar-refractivity contribution >= 4 is 38.1 Å². The summed E-state index contributed by atoms with van der Waals surface area (Å²) in [6.45, 7) is 0. The zero-order valence-electron chi connectivity index (χ0n) is 29.8. The van der Waals surface area contributed by atoms with Crippen molar-refractivity contribution in [3.8, 4) is 67.5 Å². The fourth-order valence-corrected chi connectivity index (χ4v) is 8.12. The molecule has 0 spiro atoms. The third kappa shape index (κ3) is 5.26. The molecule has 55 heavy (non-hydrogen) atoms. The Labute approximate surface area is 318 Å². The zero-order chi connectivity index (χ0) is 36.3. The summed E-state index contributed by atoms with van der Waals surface area (Å²) >= 11 is 0. The quantitative estimate of drug-likeness (QED) is 0.173. The molecule has 0 bridgehead atoms.